The molecule has 1 saturated heterocycles. The van der Waals surface area contributed by atoms with Gasteiger partial charge < -0.3 is 16.0 Å². The van der Waals surface area contributed by atoms with Crippen molar-refractivity contribution in [3.8, 4) is 0 Å². The van der Waals surface area contributed by atoms with Crippen molar-refractivity contribution in [1.29, 1.82) is 0 Å². The fraction of sp³-hybridized carbons (Fsp3) is 0.529. The monoisotopic (exact) mass is 337 g/mol. The third kappa shape index (κ3) is 3.78. The van der Waals surface area contributed by atoms with Crippen LogP contribution in [-0.2, 0) is 11.2 Å². The number of urea groups is 1. The number of amides is 3. The van der Waals surface area contributed by atoms with Gasteiger partial charge in [-0.05, 0) is 49.4 Å². The lowest BCUT2D eigenvalue weighted by Gasteiger charge is -2.40. The van der Waals surface area contributed by atoms with Crippen LogP contribution in [0.3, 0.4) is 0 Å². The van der Waals surface area contributed by atoms with Gasteiger partial charge in [0.25, 0.3) is 0 Å². The lowest BCUT2D eigenvalue weighted by atomic mass is 9.77. The van der Waals surface area contributed by atoms with Crippen molar-refractivity contribution in [1.82, 2.24) is 4.90 Å². The van der Waals surface area contributed by atoms with Crippen LogP contribution in [-0.4, -0.2) is 29.9 Å². The van der Waals surface area contributed by atoms with Gasteiger partial charge in [-0.2, -0.15) is 0 Å². The van der Waals surface area contributed by atoms with E-state index in [9.17, 15) is 9.59 Å². The summed E-state index contributed by atoms with van der Waals surface area (Å²) in [6, 6.07) is 5.23. The van der Waals surface area contributed by atoms with Crippen LogP contribution < -0.4 is 11.1 Å². The molecule has 5 nitrogen and oxygen atoms in total. The summed E-state index contributed by atoms with van der Waals surface area (Å²) in [5.41, 5.74) is 6.71. The van der Waals surface area contributed by atoms with Gasteiger partial charge in [0, 0.05) is 23.8 Å². The Balaban J connectivity index is 2.13. The highest BCUT2D eigenvalue weighted by molar-refractivity contribution is 6.30. The van der Waals surface area contributed by atoms with Crippen molar-refractivity contribution in [2.75, 3.05) is 18.4 Å². The predicted molar refractivity (Wildman–Crippen MR) is 92.6 cm³/mol. The number of hydrogen-bond acceptors (Lipinski definition) is 2. The number of hydrogen-bond donors (Lipinski definition) is 2. The molecule has 0 radical (unpaired) electrons. The minimum atomic E-state index is -0.608. The molecule has 1 heterocycles. The third-order valence-electron chi connectivity index (χ3n) is 4.75. The zero-order valence-electron chi connectivity index (χ0n) is 13.7. The van der Waals surface area contributed by atoms with Crippen molar-refractivity contribution < 1.29 is 9.59 Å². The summed E-state index contributed by atoms with van der Waals surface area (Å²) in [7, 11) is 0. The molecular weight excluding hydrogens is 314 g/mol. The topological polar surface area (TPSA) is 75.4 Å². The number of primary amides is 1. The number of carbonyl (C=O) groups excluding carboxylic acids is 2. The molecule has 1 aliphatic heterocycles. The summed E-state index contributed by atoms with van der Waals surface area (Å²) >= 11 is 6.00. The van der Waals surface area contributed by atoms with Crippen molar-refractivity contribution >= 4 is 29.2 Å². The Labute approximate surface area is 142 Å². The number of piperidine rings is 1. The third-order valence-corrected chi connectivity index (χ3v) is 4.99. The van der Waals surface area contributed by atoms with Crippen LogP contribution in [0.1, 0.15) is 38.7 Å². The van der Waals surface area contributed by atoms with E-state index >= 15 is 0 Å². The number of rotatable bonds is 4. The number of benzene rings is 1. The lowest BCUT2D eigenvalue weighted by Crippen LogP contribution is -2.52. The minimum absolute atomic E-state index is 0.194. The van der Waals surface area contributed by atoms with Crippen LogP contribution in [0, 0.1) is 5.41 Å². The van der Waals surface area contributed by atoms with E-state index in [-0.39, 0.29) is 11.9 Å². The number of nitrogens with one attached hydrogen (secondary N) is 1. The van der Waals surface area contributed by atoms with E-state index in [2.05, 4.69) is 5.32 Å². The number of likely N-dealkylation sites (tertiary alicyclic amines) is 1. The van der Waals surface area contributed by atoms with Gasteiger partial charge in [-0.15, -0.1) is 0 Å². The summed E-state index contributed by atoms with van der Waals surface area (Å²) in [5, 5.41) is 3.58. The molecule has 23 heavy (non-hydrogen) atoms. The molecule has 2 rings (SSSR count). The van der Waals surface area contributed by atoms with Gasteiger partial charge >= 0.3 is 6.03 Å². The van der Waals surface area contributed by atoms with E-state index in [1.165, 1.54) is 0 Å². The Hall–Kier alpha value is -1.75. The molecular formula is C17H24ClN3O2. The Kier molecular flexibility index (Phi) is 5.52. The second-order valence-electron chi connectivity index (χ2n) is 6.11. The SMILES string of the molecule is CCc1cc(Cl)ccc1NC(=O)N1CCCC(CC)(C(N)=O)C1. The standard InChI is InChI=1S/C17H24ClN3O2/c1-3-12-10-13(18)6-7-14(12)20-16(23)21-9-5-8-17(4-2,11-21)15(19)22/h6-7,10H,3-5,8-9,11H2,1-2H3,(H2,19,22)(H,20,23). The molecule has 1 fully saturated rings. The highest BCUT2D eigenvalue weighted by atomic mass is 35.5. The van der Waals surface area contributed by atoms with E-state index in [0.717, 1.165) is 30.5 Å². The van der Waals surface area contributed by atoms with E-state index in [4.69, 9.17) is 17.3 Å². The Morgan fingerprint density at radius 1 is 1.39 bits per heavy atom. The number of carbonyl (C=O) groups is 2. The molecule has 1 unspecified atom stereocenters. The Morgan fingerprint density at radius 3 is 2.74 bits per heavy atom. The summed E-state index contributed by atoms with van der Waals surface area (Å²) in [4.78, 5) is 26.1. The largest absolute Gasteiger partial charge is 0.369 e. The van der Waals surface area contributed by atoms with Crippen LogP contribution in [0.5, 0.6) is 0 Å². The van der Waals surface area contributed by atoms with Crippen molar-refractivity contribution in [2.45, 2.75) is 39.5 Å². The number of nitrogens with two attached hydrogens (primary N) is 1. The van der Waals surface area contributed by atoms with Gasteiger partial charge in [-0.1, -0.05) is 25.4 Å². The maximum atomic E-state index is 12.6. The maximum Gasteiger partial charge on any atom is 0.321 e. The molecule has 0 saturated carbocycles. The number of nitrogens with zero attached hydrogens (tertiary/aromatic N) is 1. The highest BCUT2D eigenvalue weighted by Crippen LogP contribution is 2.33. The number of anilines is 1. The van der Waals surface area contributed by atoms with Gasteiger partial charge in [0.15, 0.2) is 0 Å². The fourth-order valence-corrected chi connectivity index (χ4v) is 3.33. The molecule has 1 aromatic rings. The molecule has 3 amide bonds. The minimum Gasteiger partial charge on any atom is -0.369 e. The quantitative estimate of drug-likeness (QED) is 0.883. The molecule has 6 heteroatoms. The molecule has 0 aliphatic carbocycles. The maximum absolute atomic E-state index is 12.6. The van der Waals surface area contributed by atoms with E-state index < -0.39 is 5.41 Å². The van der Waals surface area contributed by atoms with Gasteiger partial charge in [-0.25, -0.2) is 4.79 Å². The van der Waals surface area contributed by atoms with Gasteiger partial charge in [0.05, 0.1) is 5.41 Å². The molecule has 0 aromatic heterocycles. The van der Waals surface area contributed by atoms with E-state index in [1.807, 2.05) is 26.0 Å². The molecule has 0 spiro atoms. The van der Waals surface area contributed by atoms with Crippen LogP contribution in [0.25, 0.3) is 0 Å². The van der Waals surface area contributed by atoms with Crippen molar-refractivity contribution in [2.24, 2.45) is 11.1 Å². The Bertz CT molecular complexity index is 606. The number of halogens is 1. The van der Waals surface area contributed by atoms with Gasteiger partial charge in [0.2, 0.25) is 5.91 Å². The smallest absolute Gasteiger partial charge is 0.321 e. The lowest BCUT2D eigenvalue weighted by molar-refractivity contribution is -0.130. The molecule has 126 valence electrons. The first kappa shape index (κ1) is 17.6. The normalized spacial score (nSPS) is 21.1. The molecule has 1 aromatic carbocycles. The summed E-state index contributed by atoms with van der Waals surface area (Å²) < 4.78 is 0. The zero-order chi connectivity index (χ0) is 17.0. The van der Waals surface area contributed by atoms with Crippen LogP contribution >= 0.6 is 11.6 Å². The zero-order valence-corrected chi connectivity index (χ0v) is 14.4. The van der Waals surface area contributed by atoms with Crippen molar-refractivity contribution in [3.63, 3.8) is 0 Å². The van der Waals surface area contributed by atoms with E-state index in [1.54, 1.807) is 11.0 Å². The summed E-state index contributed by atoms with van der Waals surface area (Å²) in [6.07, 6.45) is 2.94. The first-order valence-corrected chi connectivity index (χ1v) is 8.44. The molecule has 0 bridgehead atoms. The number of aryl methyl sites for hydroxylation is 1. The van der Waals surface area contributed by atoms with Crippen LogP contribution in [0.15, 0.2) is 18.2 Å². The van der Waals surface area contributed by atoms with Crippen molar-refractivity contribution in [3.05, 3.63) is 28.8 Å². The first-order valence-electron chi connectivity index (χ1n) is 8.06. The van der Waals surface area contributed by atoms with Gasteiger partial charge in [-0.3, -0.25) is 4.79 Å². The molecule has 1 aliphatic rings. The average molecular weight is 338 g/mol. The molecule has 3 N–H and O–H groups in total. The molecule has 1 atom stereocenters. The van der Waals surface area contributed by atoms with Crippen LogP contribution in [0.2, 0.25) is 5.02 Å². The summed E-state index contributed by atoms with van der Waals surface area (Å²) in [5.74, 6) is -0.321. The fourth-order valence-electron chi connectivity index (χ4n) is 3.14. The van der Waals surface area contributed by atoms with Gasteiger partial charge in [0.1, 0.15) is 0 Å². The highest BCUT2D eigenvalue weighted by Gasteiger charge is 2.40. The predicted octanol–water partition coefficient (Wildman–Crippen LogP) is 3.41. The Morgan fingerprint density at radius 2 is 2.13 bits per heavy atom. The second-order valence-corrected chi connectivity index (χ2v) is 6.54. The first-order chi connectivity index (χ1) is 10.9. The van der Waals surface area contributed by atoms with Crippen LogP contribution in [0.4, 0.5) is 10.5 Å². The summed E-state index contributed by atoms with van der Waals surface area (Å²) in [6.45, 7) is 4.97. The van der Waals surface area contributed by atoms with E-state index in [0.29, 0.717) is 24.5 Å². The average Bonchev–Trinajstić information content (AvgIpc) is 2.56. The second kappa shape index (κ2) is 7.21.